The van der Waals surface area contributed by atoms with E-state index in [4.69, 9.17) is 0 Å². The van der Waals surface area contributed by atoms with Gasteiger partial charge in [0.1, 0.15) is 0 Å². The Morgan fingerprint density at radius 1 is 0.500 bits per heavy atom. The molecular weight excluding hydrogens is 548 g/mol. The molecule has 0 N–H and O–H groups in total. The van der Waals surface area contributed by atoms with E-state index in [1.54, 1.807) is 74.5 Å². The summed E-state index contributed by atoms with van der Waals surface area (Å²) < 4.78 is 57.5. The lowest BCUT2D eigenvalue weighted by Gasteiger charge is -2.43. The molecule has 5 rings (SSSR count). The number of carbonyl (C=O) groups excluding carboxylic acids is 2. The first kappa shape index (κ1) is 27.3. The van der Waals surface area contributed by atoms with E-state index in [1.807, 2.05) is 0 Å². The molecule has 1 fully saturated rings. The number of amides is 2. The van der Waals surface area contributed by atoms with E-state index in [0.29, 0.717) is 19.7 Å². The Morgan fingerprint density at radius 2 is 0.850 bits per heavy atom. The van der Waals surface area contributed by atoms with Crippen LogP contribution in [0.4, 0.5) is 0 Å². The lowest BCUT2D eigenvalue weighted by molar-refractivity contribution is -0.150. The lowest BCUT2D eigenvalue weighted by atomic mass is 9.98. The second kappa shape index (κ2) is 10.4. The van der Waals surface area contributed by atoms with Crippen molar-refractivity contribution in [2.24, 2.45) is 0 Å². The maximum atomic E-state index is 14.4. The van der Waals surface area contributed by atoms with E-state index in [2.05, 4.69) is 0 Å². The Hall–Kier alpha value is -4.28. The van der Waals surface area contributed by atoms with Crippen molar-refractivity contribution >= 4 is 31.9 Å². The average molecular weight is 575 g/mol. The molecule has 8 nitrogen and oxygen atoms in total. The maximum Gasteiger partial charge on any atom is 0.267 e. The zero-order valence-corrected chi connectivity index (χ0v) is 23.3. The van der Waals surface area contributed by atoms with Gasteiger partial charge in [0.15, 0.2) is 12.1 Å². The Balaban J connectivity index is 1.79. The van der Waals surface area contributed by atoms with Gasteiger partial charge in [0.2, 0.25) is 0 Å². The molecule has 0 bridgehead atoms. The summed E-state index contributed by atoms with van der Waals surface area (Å²) in [5.74, 6) is -2.12. The fourth-order valence-electron chi connectivity index (χ4n) is 4.82. The minimum Gasteiger partial charge on any atom is -0.271 e. The first-order valence-corrected chi connectivity index (χ1v) is 15.3. The Bertz CT molecular complexity index is 1670. The van der Waals surface area contributed by atoms with Crippen molar-refractivity contribution in [3.8, 4) is 0 Å². The topological polar surface area (TPSA) is 109 Å². The molecule has 1 aliphatic heterocycles. The van der Waals surface area contributed by atoms with Crippen molar-refractivity contribution in [2.75, 3.05) is 0 Å². The van der Waals surface area contributed by atoms with Crippen LogP contribution in [0.2, 0.25) is 0 Å². The number of carbonyl (C=O) groups is 2. The van der Waals surface area contributed by atoms with Crippen LogP contribution in [0.1, 0.15) is 34.3 Å². The van der Waals surface area contributed by atoms with E-state index in [1.165, 1.54) is 48.5 Å². The van der Waals surface area contributed by atoms with E-state index in [9.17, 15) is 26.4 Å². The third kappa shape index (κ3) is 4.69. The molecule has 2 amide bonds. The molecule has 0 aliphatic carbocycles. The van der Waals surface area contributed by atoms with E-state index in [-0.39, 0.29) is 20.9 Å². The molecule has 204 valence electrons. The van der Waals surface area contributed by atoms with Crippen LogP contribution in [0.3, 0.4) is 0 Å². The zero-order valence-electron chi connectivity index (χ0n) is 21.7. The Kier molecular flexibility index (Phi) is 7.07. The highest BCUT2D eigenvalue weighted by Gasteiger charge is 2.56. The highest BCUT2D eigenvalue weighted by atomic mass is 32.2. The molecule has 0 spiro atoms. The van der Waals surface area contributed by atoms with Crippen molar-refractivity contribution in [1.29, 1.82) is 0 Å². The van der Waals surface area contributed by atoms with Gasteiger partial charge >= 0.3 is 0 Å². The van der Waals surface area contributed by atoms with Gasteiger partial charge in [-0.25, -0.2) is 25.4 Å². The quantitative estimate of drug-likeness (QED) is 0.335. The van der Waals surface area contributed by atoms with Crippen LogP contribution in [0.25, 0.3) is 0 Å². The van der Waals surface area contributed by atoms with Gasteiger partial charge in [0.05, 0.1) is 9.79 Å². The zero-order chi connectivity index (χ0) is 28.7. The van der Waals surface area contributed by atoms with E-state index >= 15 is 0 Å². The molecule has 1 heterocycles. The van der Waals surface area contributed by atoms with Crippen molar-refractivity contribution in [3.63, 3.8) is 0 Å². The monoisotopic (exact) mass is 574 g/mol. The average Bonchev–Trinajstić information content (AvgIpc) is 2.94. The van der Waals surface area contributed by atoms with Gasteiger partial charge in [0, 0.05) is 0 Å². The van der Waals surface area contributed by atoms with Crippen LogP contribution in [-0.2, 0) is 29.6 Å². The standard InChI is InChI=1S/C30H26N2O6S2/c1-21-11-9-17-25(19-21)39(35,36)31-27(23-13-5-3-6-14-23)30(34)32(28(29(31)33)24-15-7-4-8-16-24)40(37,38)26-18-10-12-22(2)20-26/h3-20,27-28H,1-2H3. The van der Waals surface area contributed by atoms with Crippen molar-refractivity contribution in [1.82, 2.24) is 8.61 Å². The minimum atomic E-state index is -4.60. The summed E-state index contributed by atoms with van der Waals surface area (Å²) in [7, 11) is -9.21. The molecule has 2 atom stereocenters. The predicted molar refractivity (Wildman–Crippen MR) is 149 cm³/mol. The molecule has 10 heteroatoms. The Morgan fingerprint density at radius 3 is 1.18 bits per heavy atom. The van der Waals surface area contributed by atoms with Gasteiger partial charge in [-0.2, -0.15) is 0 Å². The third-order valence-electron chi connectivity index (χ3n) is 6.69. The van der Waals surface area contributed by atoms with Crippen LogP contribution in [-0.4, -0.2) is 37.3 Å². The number of hydrogen-bond donors (Lipinski definition) is 0. The summed E-state index contributed by atoms with van der Waals surface area (Å²) in [5.41, 5.74) is 1.59. The molecular formula is C30H26N2O6S2. The largest absolute Gasteiger partial charge is 0.271 e. The molecule has 4 aromatic carbocycles. The summed E-state index contributed by atoms with van der Waals surface area (Å²) in [6, 6.07) is 24.2. The van der Waals surface area contributed by atoms with Crippen LogP contribution in [0.15, 0.2) is 119 Å². The second-order valence-corrected chi connectivity index (χ2v) is 13.2. The molecule has 0 radical (unpaired) electrons. The van der Waals surface area contributed by atoms with E-state index in [0.717, 1.165) is 0 Å². The third-order valence-corrected chi connectivity index (χ3v) is 10.2. The van der Waals surface area contributed by atoms with Gasteiger partial charge in [-0.3, -0.25) is 9.59 Å². The smallest absolute Gasteiger partial charge is 0.267 e. The number of piperazine rings is 1. The van der Waals surface area contributed by atoms with Crippen LogP contribution < -0.4 is 0 Å². The SMILES string of the molecule is Cc1cccc(S(=O)(=O)N2C(=O)C(c3ccccc3)N(S(=O)(=O)c3cccc(C)c3)C(=O)C2c2ccccc2)c1. The molecule has 0 aromatic heterocycles. The molecule has 4 aromatic rings. The van der Waals surface area contributed by atoms with Gasteiger partial charge in [0.25, 0.3) is 31.9 Å². The molecule has 40 heavy (non-hydrogen) atoms. The van der Waals surface area contributed by atoms with Crippen molar-refractivity contribution < 1.29 is 26.4 Å². The first-order chi connectivity index (χ1) is 19.0. The van der Waals surface area contributed by atoms with Gasteiger partial charge in [-0.15, -0.1) is 0 Å². The molecule has 2 unspecified atom stereocenters. The fourth-order valence-corrected chi connectivity index (χ4v) is 8.09. The van der Waals surface area contributed by atoms with Gasteiger partial charge in [-0.1, -0.05) is 84.9 Å². The minimum absolute atomic E-state index is 0.160. The van der Waals surface area contributed by atoms with Crippen molar-refractivity contribution in [3.05, 3.63) is 131 Å². The summed E-state index contributed by atoms with van der Waals surface area (Å²) in [5, 5.41) is 0. The highest BCUT2D eigenvalue weighted by Crippen LogP contribution is 2.43. The second-order valence-electron chi connectivity index (χ2n) is 9.54. The predicted octanol–water partition coefficient (Wildman–Crippen LogP) is 4.53. The summed E-state index contributed by atoms with van der Waals surface area (Å²) >= 11 is 0. The number of rotatable bonds is 6. The van der Waals surface area contributed by atoms with Crippen LogP contribution in [0.5, 0.6) is 0 Å². The normalized spacial score (nSPS) is 18.1. The summed E-state index contributed by atoms with van der Waals surface area (Å²) in [6.07, 6.45) is 0. The van der Waals surface area contributed by atoms with Crippen molar-refractivity contribution in [2.45, 2.75) is 35.7 Å². The van der Waals surface area contributed by atoms with Gasteiger partial charge in [-0.05, 0) is 60.4 Å². The lowest BCUT2D eigenvalue weighted by Crippen LogP contribution is -2.59. The Labute approximate surface area is 233 Å². The number of sulfonamides is 2. The van der Waals surface area contributed by atoms with Crippen LogP contribution in [0, 0.1) is 13.8 Å². The highest BCUT2D eigenvalue weighted by molar-refractivity contribution is 7.90. The molecule has 1 aliphatic rings. The summed E-state index contributed by atoms with van der Waals surface area (Å²) in [6.45, 7) is 3.42. The summed E-state index contributed by atoms with van der Waals surface area (Å²) in [4.78, 5) is 28.4. The van der Waals surface area contributed by atoms with E-state index < -0.39 is 43.9 Å². The fraction of sp³-hybridized carbons (Fsp3) is 0.133. The maximum absolute atomic E-state index is 14.4. The van der Waals surface area contributed by atoms with Crippen LogP contribution >= 0.6 is 0 Å². The first-order valence-electron chi connectivity index (χ1n) is 12.4. The molecule has 0 saturated carbocycles. The number of aryl methyl sites for hydroxylation is 2. The molecule has 1 saturated heterocycles. The number of nitrogens with zero attached hydrogens (tertiary/aromatic N) is 2. The number of benzene rings is 4. The van der Waals surface area contributed by atoms with Gasteiger partial charge < -0.3 is 0 Å². The number of hydrogen-bond acceptors (Lipinski definition) is 6.